The summed E-state index contributed by atoms with van der Waals surface area (Å²) in [6, 6.07) is 9.93. The molecule has 0 radical (unpaired) electrons. The molecular formula is C24H30N2O2S2. The number of thioether (sulfide) groups is 1. The van der Waals surface area contributed by atoms with Crippen LogP contribution in [0.1, 0.15) is 56.9 Å². The highest BCUT2D eigenvalue weighted by molar-refractivity contribution is 7.99. The Morgan fingerprint density at radius 3 is 2.77 bits per heavy atom. The zero-order valence-electron chi connectivity index (χ0n) is 18.0. The lowest BCUT2D eigenvalue weighted by atomic mass is 9.96. The number of benzene rings is 1. The number of hydrogen-bond acceptors (Lipinski definition) is 5. The van der Waals surface area contributed by atoms with Crippen LogP contribution in [0.25, 0.3) is 15.9 Å². The average Bonchev–Trinajstić information content (AvgIpc) is 3.12. The summed E-state index contributed by atoms with van der Waals surface area (Å²) in [5.41, 5.74) is 2.10. The lowest BCUT2D eigenvalue weighted by Crippen LogP contribution is -2.28. The molecule has 1 aliphatic rings. The van der Waals surface area contributed by atoms with Crippen LogP contribution < -0.4 is 5.56 Å². The van der Waals surface area contributed by atoms with Gasteiger partial charge in [0.2, 0.25) is 0 Å². The Bertz CT molecular complexity index is 1060. The molecule has 1 aliphatic heterocycles. The first kappa shape index (κ1) is 21.6. The van der Waals surface area contributed by atoms with Crippen LogP contribution in [-0.4, -0.2) is 21.4 Å². The molecule has 0 saturated carbocycles. The predicted molar refractivity (Wildman–Crippen MR) is 127 cm³/mol. The first-order chi connectivity index (χ1) is 14.6. The van der Waals surface area contributed by atoms with Crippen LogP contribution in [0.3, 0.4) is 0 Å². The second kappa shape index (κ2) is 9.67. The van der Waals surface area contributed by atoms with Crippen LogP contribution in [0, 0.1) is 5.92 Å². The molecule has 30 heavy (non-hydrogen) atoms. The number of fused-ring (bicyclic) bond motifs is 3. The highest BCUT2D eigenvalue weighted by Crippen LogP contribution is 2.36. The highest BCUT2D eigenvalue weighted by Gasteiger charge is 2.28. The van der Waals surface area contributed by atoms with E-state index in [1.165, 1.54) is 19.3 Å². The topological polar surface area (TPSA) is 44.1 Å². The molecule has 1 aromatic carbocycles. The molecule has 0 spiro atoms. The molecule has 3 heterocycles. The molecule has 0 bridgehead atoms. The maximum absolute atomic E-state index is 13.8. The van der Waals surface area contributed by atoms with Crippen LogP contribution >= 0.6 is 23.1 Å². The molecule has 0 fully saturated rings. The van der Waals surface area contributed by atoms with Crippen molar-refractivity contribution in [2.45, 2.75) is 70.7 Å². The van der Waals surface area contributed by atoms with Gasteiger partial charge in [-0.2, -0.15) is 0 Å². The number of nitrogens with zero attached hydrogens (tertiary/aromatic N) is 2. The molecule has 4 nitrogen and oxygen atoms in total. The third kappa shape index (κ3) is 4.36. The maximum Gasteiger partial charge on any atom is 0.267 e. The van der Waals surface area contributed by atoms with E-state index >= 15 is 0 Å². The van der Waals surface area contributed by atoms with Crippen molar-refractivity contribution in [2.75, 3.05) is 5.75 Å². The zero-order valence-corrected chi connectivity index (χ0v) is 19.7. The Morgan fingerprint density at radius 1 is 1.23 bits per heavy atom. The van der Waals surface area contributed by atoms with Gasteiger partial charge in [0, 0.05) is 17.1 Å². The van der Waals surface area contributed by atoms with Crippen molar-refractivity contribution in [3.63, 3.8) is 0 Å². The van der Waals surface area contributed by atoms with Gasteiger partial charge in [0.25, 0.3) is 5.56 Å². The summed E-state index contributed by atoms with van der Waals surface area (Å²) >= 11 is 3.33. The minimum Gasteiger partial charge on any atom is -0.372 e. The first-order valence-corrected chi connectivity index (χ1v) is 12.8. The molecule has 0 aliphatic carbocycles. The number of thiophene rings is 1. The quantitative estimate of drug-likeness (QED) is 0.236. The molecule has 0 amide bonds. The number of aromatic nitrogens is 2. The van der Waals surface area contributed by atoms with E-state index in [2.05, 4.69) is 20.8 Å². The lowest BCUT2D eigenvalue weighted by Gasteiger charge is -2.26. The number of ether oxygens (including phenoxy) is 1. The van der Waals surface area contributed by atoms with Crippen molar-refractivity contribution < 1.29 is 4.74 Å². The third-order valence-electron chi connectivity index (χ3n) is 5.70. The van der Waals surface area contributed by atoms with Gasteiger partial charge in [-0.15, -0.1) is 11.3 Å². The number of rotatable bonds is 8. The fourth-order valence-electron chi connectivity index (χ4n) is 3.93. The van der Waals surface area contributed by atoms with E-state index in [1.54, 1.807) is 23.1 Å². The highest BCUT2D eigenvalue weighted by atomic mass is 32.2. The largest absolute Gasteiger partial charge is 0.372 e. The lowest BCUT2D eigenvalue weighted by molar-refractivity contribution is 0.00200. The van der Waals surface area contributed by atoms with E-state index in [9.17, 15) is 4.79 Å². The van der Waals surface area contributed by atoms with Crippen LogP contribution in [0.15, 0.2) is 40.3 Å². The van der Waals surface area contributed by atoms with Crippen molar-refractivity contribution in [3.8, 4) is 5.69 Å². The summed E-state index contributed by atoms with van der Waals surface area (Å²) in [4.78, 5) is 20.8. The van der Waals surface area contributed by atoms with E-state index in [4.69, 9.17) is 9.72 Å². The third-order valence-corrected chi connectivity index (χ3v) is 7.82. The normalized spacial score (nSPS) is 16.3. The summed E-state index contributed by atoms with van der Waals surface area (Å²) in [6.07, 6.45) is 5.81. The minimum absolute atomic E-state index is 0.0594. The fraction of sp³-hybridized carbons (Fsp3) is 0.500. The smallest absolute Gasteiger partial charge is 0.267 e. The van der Waals surface area contributed by atoms with Gasteiger partial charge < -0.3 is 4.74 Å². The van der Waals surface area contributed by atoms with Crippen molar-refractivity contribution in [1.29, 1.82) is 0 Å². The fourth-order valence-corrected chi connectivity index (χ4v) is 6.11. The monoisotopic (exact) mass is 442 g/mol. The van der Waals surface area contributed by atoms with Crippen molar-refractivity contribution in [2.24, 2.45) is 5.92 Å². The van der Waals surface area contributed by atoms with Gasteiger partial charge in [-0.25, -0.2) is 4.98 Å². The van der Waals surface area contributed by atoms with E-state index in [0.717, 1.165) is 50.1 Å². The van der Waals surface area contributed by atoms with E-state index in [0.29, 0.717) is 12.5 Å². The van der Waals surface area contributed by atoms with Crippen LogP contribution in [-0.2, 0) is 17.8 Å². The van der Waals surface area contributed by atoms with Crippen molar-refractivity contribution >= 4 is 33.3 Å². The van der Waals surface area contributed by atoms with Crippen LogP contribution in [0.5, 0.6) is 0 Å². The minimum atomic E-state index is 0.0594. The summed E-state index contributed by atoms with van der Waals surface area (Å²) in [5, 5.41) is 1.60. The van der Waals surface area contributed by atoms with Gasteiger partial charge in [0.05, 0.1) is 23.8 Å². The molecule has 0 N–H and O–H groups in total. The Hall–Kier alpha value is -1.63. The van der Waals surface area contributed by atoms with Gasteiger partial charge in [-0.05, 0) is 30.0 Å². The van der Waals surface area contributed by atoms with Crippen LogP contribution in [0.4, 0.5) is 0 Å². The van der Waals surface area contributed by atoms with Crippen molar-refractivity contribution in [3.05, 3.63) is 51.1 Å². The molecule has 1 atom stereocenters. The van der Waals surface area contributed by atoms with E-state index < -0.39 is 0 Å². The standard InChI is InChI=1S/C24H30N2O2S2/c1-4-5-6-10-13-29-24-25-22-21(23(27)26(24)17-11-8-7-9-12-17)18-14-19(16(2)3)28-15-20(18)30-22/h7-9,11-12,16,19H,4-6,10,13-15H2,1-3H3/t19-/m0/s1. The molecule has 0 saturated heterocycles. The Morgan fingerprint density at radius 2 is 2.03 bits per heavy atom. The average molecular weight is 443 g/mol. The van der Waals surface area contributed by atoms with E-state index in [1.807, 2.05) is 34.9 Å². The summed E-state index contributed by atoms with van der Waals surface area (Å²) in [7, 11) is 0. The van der Waals surface area contributed by atoms with E-state index in [-0.39, 0.29) is 11.7 Å². The van der Waals surface area contributed by atoms with Gasteiger partial charge in [-0.3, -0.25) is 9.36 Å². The maximum atomic E-state index is 13.8. The van der Waals surface area contributed by atoms with Crippen molar-refractivity contribution in [1.82, 2.24) is 9.55 Å². The second-order valence-corrected chi connectivity index (χ2v) is 10.4. The Balaban J connectivity index is 1.78. The Kier molecular flexibility index (Phi) is 6.96. The summed E-state index contributed by atoms with van der Waals surface area (Å²) in [6.45, 7) is 7.17. The van der Waals surface area contributed by atoms with Crippen LogP contribution in [0.2, 0.25) is 0 Å². The molecule has 3 aromatic rings. The summed E-state index contributed by atoms with van der Waals surface area (Å²) < 4.78 is 7.87. The Labute approximate surface area is 186 Å². The molecule has 160 valence electrons. The molecular weight excluding hydrogens is 412 g/mol. The molecule has 6 heteroatoms. The van der Waals surface area contributed by atoms with Gasteiger partial charge in [0.15, 0.2) is 5.16 Å². The van der Waals surface area contributed by atoms with Gasteiger partial charge in [0.1, 0.15) is 4.83 Å². The molecule has 4 rings (SSSR count). The number of para-hydroxylation sites is 1. The summed E-state index contributed by atoms with van der Waals surface area (Å²) in [5.74, 6) is 1.41. The SMILES string of the molecule is CCCCCCSc1nc2sc3c(c2c(=O)n1-c1ccccc1)C[C@@H](C(C)C)OC3. The number of hydrogen-bond donors (Lipinski definition) is 0. The number of unbranched alkanes of at least 4 members (excludes halogenated alkanes) is 3. The molecule has 0 unspecified atom stereocenters. The van der Waals surface area contributed by atoms with Gasteiger partial charge in [-0.1, -0.05) is 70.0 Å². The molecule has 2 aromatic heterocycles. The zero-order chi connectivity index (χ0) is 21.1. The predicted octanol–water partition coefficient (Wildman–Crippen LogP) is 6.22. The first-order valence-electron chi connectivity index (χ1n) is 11.0. The van der Waals surface area contributed by atoms with Gasteiger partial charge >= 0.3 is 0 Å². The second-order valence-electron chi connectivity index (χ2n) is 8.26.